The molecule has 3 rings (SSSR count). The van der Waals surface area contributed by atoms with Crippen LogP contribution in [0.3, 0.4) is 0 Å². The van der Waals surface area contributed by atoms with E-state index in [9.17, 15) is 9.59 Å². The van der Waals surface area contributed by atoms with Crippen LogP contribution in [-0.2, 0) is 22.4 Å². The number of aryl methyl sites for hydroxylation is 2. The van der Waals surface area contributed by atoms with Crippen LogP contribution in [0, 0.1) is 0 Å². The summed E-state index contributed by atoms with van der Waals surface area (Å²) in [6, 6.07) is 9.16. The Bertz CT molecular complexity index is 930. The molecule has 2 aromatic carbocycles. The Morgan fingerprint density at radius 1 is 0.935 bits per heavy atom. The van der Waals surface area contributed by atoms with Gasteiger partial charge in [-0.15, -0.1) is 0 Å². The molecule has 1 unspecified atom stereocenters. The van der Waals surface area contributed by atoms with E-state index >= 15 is 0 Å². The molecule has 0 aliphatic heterocycles. The topological polar surface area (TPSA) is 83.1 Å². The quantitative estimate of drug-likeness (QED) is 0.648. The highest BCUT2D eigenvalue weighted by Crippen LogP contribution is 2.38. The Labute approximate surface area is 182 Å². The van der Waals surface area contributed by atoms with Crippen molar-refractivity contribution in [2.45, 2.75) is 38.6 Å². The number of hydrogen-bond acceptors (Lipinski definition) is 6. The summed E-state index contributed by atoms with van der Waals surface area (Å²) in [5.41, 5.74) is 4.00. The average Bonchev–Trinajstić information content (AvgIpc) is 2.80. The molecular formula is C24H29NO6. The Kier molecular flexibility index (Phi) is 7.39. The van der Waals surface area contributed by atoms with Gasteiger partial charge in [-0.05, 0) is 61.4 Å². The molecule has 0 fully saturated rings. The third-order valence-corrected chi connectivity index (χ3v) is 5.48. The summed E-state index contributed by atoms with van der Waals surface area (Å²) in [7, 11) is 4.40. The van der Waals surface area contributed by atoms with E-state index in [4.69, 9.17) is 18.9 Å². The van der Waals surface area contributed by atoms with Gasteiger partial charge in [-0.1, -0.05) is 18.2 Å². The number of esters is 1. The zero-order valence-corrected chi connectivity index (χ0v) is 18.4. The maximum Gasteiger partial charge on any atom is 0.338 e. The molecule has 2 aromatic rings. The number of amides is 1. The van der Waals surface area contributed by atoms with Crippen LogP contribution >= 0.6 is 0 Å². The monoisotopic (exact) mass is 427 g/mol. The Morgan fingerprint density at radius 3 is 2.19 bits per heavy atom. The average molecular weight is 427 g/mol. The summed E-state index contributed by atoms with van der Waals surface area (Å²) in [5, 5.41) is 2.89. The first kappa shape index (κ1) is 22.5. The van der Waals surface area contributed by atoms with Gasteiger partial charge in [-0.25, -0.2) is 4.79 Å². The van der Waals surface area contributed by atoms with Crippen molar-refractivity contribution in [3.05, 3.63) is 52.6 Å². The van der Waals surface area contributed by atoms with Crippen LogP contribution in [0.2, 0.25) is 0 Å². The molecule has 0 bridgehead atoms. The van der Waals surface area contributed by atoms with Gasteiger partial charge in [0.25, 0.3) is 5.91 Å². The summed E-state index contributed by atoms with van der Waals surface area (Å²) in [4.78, 5) is 24.8. The van der Waals surface area contributed by atoms with E-state index in [1.807, 2.05) is 6.92 Å². The molecule has 1 N–H and O–H groups in total. The Balaban J connectivity index is 1.60. The molecule has 0 heterocycles. The van der Waals surface area contributed by atoms with Gasteiger partial charge in [0.2, 0.25) is 5.75 Å². The minimum atomic E-state index is -0.657. The number of methoxy groups -OCH3 is 3. The van der Waals surface area contributed by atoms with Crippen molar-refractivity contribution < 1.29 is 28.5 Å². The molecule has 0 saturated heterocycles. The fourth-order valence-electron chi connectivity index (χ4n) is 3.80. The second-order valence-corrected chi connectivity index (χ2v) is 7.51. The summed E-state index contributed by atoms with van der Waals surface area (Å²) in [5.74, 6) is 0.0126. The highest BCUT2D eigenvalue weighted by atomic mass is 16.5. The highest BCUT2D eigenvalue weighted by Gasteiger charge is 2.19. The molecule has 1 aliphatic carbocycles. The smallest absolute Gasteiger partial charge is 0.338 e. The SMILES string of the molecule is COc1cc(C(=O)OCC(=O)NC(C)c2ccc3c(c2)CCCC3)cc(OC)c1OC. The number of fused-ring (bicyclic) bond motifs is 1. The molecule has 0 saturated carbocycles. The van der Waals surface area contributed by atoms with Crippen molar-refractivity contribution in [2.24, 2.45) is 0 Å². The molecule has 1 aliphatic rings. The second-order valence-electron chi connectivity index (χ2n) is 7.51. The van der Waals surface area contributed by atoms with Gasteiger partial charge in [0.1, 0.15) is 0 Å². The second kappa shape index (κ2) is 10.2. The van der Waals surface area contributed by atoms with Crippen LogP contribution in [0.25, 0.3) is 0 Å². The van der Waals surface area contributed by atoms with Crippen LogP contribution < -0.4 is 19.5 Å². The molecule has 166 valence electrons. The largest absolute Gasteiger partial charge is 0.493 e. The first-order chi connectivity index (χ1) is 15.0. The van der Waals surface area contributed by atoms with Crippen molar-refractivity contribution in [1.82, 2.24) is 5.32 Å². The Hall–Kier alpha value is -3.22. The van der Waals surface area contributed by atoms with Crippen LogP contribution in [-0.4, -0.2) is 39.8 Å². The number of benzene rings is 2. The number of carbonyl (C=O) groups excluding carboxylic acids is 2. The van der Waals surface area contributed by atoms with Gasteiger partial charge < -0.3 is 24.3 Å². The van der Waals surface area contributed by atoms with Crippen molar-refractivity contribution in [1.29, 1.82) is 0 Å². The summed E-state index contributed by atoms with van der Waals surface area (Å²) in [6.45, 7) is 1.54. The standard InChI is InChI=1S/C24H29NO6/c1-15(17-10-9-16-7-5-6-8-18(16)11-17)25-22(26)14-31-24(27)19-12-20(28-2)23(30-4)21(13-19)29-3/h9-13,15H,5-8,14H2,1-4H3,(H,25,26). The minimum Gasteiger partial charge on any atom is -0.493 e. The summed E-state index contributed by atoms with van der Waals surface area (Å²) in [6.07, 6.45) is 4.63. The van der Waals surface area contributed by atoms with E-state index < -0.39 is 5.97 Å². The molecule has 1 amide bonds. The molecule has 0 spiro atoms. The molecule has 7 nitrogen and oxygen atoms in total. The highest BCUT2D eigenvalue weighted by molar-refractivity contribution is 5.92. The van der Waals surface area contributed by atoms with E-state index in [2.05, 4.69) is 23.5 Å². The lowest BCUT2D eigenvalue weighted by Crippen LogP contribution is -2.31. The zero-order chi connectivity index (χ0) is 22.4. The lowest BCUT2D eigenvalue weighted by atomic mass is 9.89. The van der Waals surface area contributed by atoms with E-state index in [-0.39, 0.29) is 24.1 Å². The summed E-state index contributed by atoms with van der Waals surface area (Å²) < 4.78 is 20.9. The van der Waals surface area contributed by atoms with E-state index in [1.54, 1.807) is 0 Å². The van der Waals surface area contributed by atoms with E-state index in [0.717, 1.165) is 18.4 Å². The number of ether oxygens (including phenoxy) is 4. The van der Waals surface area contributed by atoms with Gasteiger partial charge in [-0.2, -0.15) is 0 Å². The Morgan fingerprint density at radius 2 is 1.58 bits per heavy atom. The first-order valence-electron chi connectivity index (χ1n) is 10.3. The van der Waals surface area contributed by atoms with Gasteiger partial charge >= 0.3 is 5.97 Å². The van der Waals surface area contributed by atoms with E-state index in [1.165, 1.54) is 57.4 Å². The molecule has 0 radical (unpaired) electrons. The van der Waals surface area contributed by atoms with Crippen molar-refractivity contribution in [3.8, 4) is 17.2 Å². The van der Waals surface area contributed by atoms with Gasteiger partial charge in [0.15, 0.2) is 18.1 Å². The zero-order valence-electron chi connectivity index (χ0n) is 18.4. The summed E-state index contributed by atoms with van der Waals surface area (Å²) >= 11 is 0. The molecular weight excluding hydrogens is 398 g/mol. The fraction of sp³-hybridized carbons (Fsp3) is 0.417. The number of hydrogen-bond donors (Lipinski definition) is 1. The predicted octanol–water partition coefficient (Wildman–Crippen LogP) is 3.63. The first-order valence-corrected chi connectivity index (χ1v) is 10.3. The van der Waals surface area contributed by atoms with Gasteiger partial charge in [0.05, 0.1) is 32.9 Å². The predicted molar refractivity (Wildman–Crippen MR) is 116 cm³/mol. The number of nitrogens with one attached hydrogen (secondary N) is 1. The molecule has 31 heavy (non-hydrogen) atoms. The van der Waals surface area contributed by atoms with E-state index in [0.29, 0.717) is 17.2 Å². The number of rotatable bonds is 8. The molecule has 1 atom stereocenters. The third-order valence-electron chi connectivity index (χ3n) is 5.48. The third kappa shape index (κ3) is 5.29. The van der Waals surface area contributed by atoms with Crippen LogP contribution in [0.1, 0.15) is 52.9 Å². The molecule has 7 heteroatoms. The van der Waals surface area contributed by atoms with Crippen molar-refractivity contribution in [3.63, 3.8) is 0 Å². The lowest BCUT2D eigenvalue weighted by molar-refractivity contribution is -0.124. The fourth-order valence-corrected chi connectivity index (χ4v) is 3.80. The maximum absolute atomic E-state index is 12.4. The molecule has 0 aromatic heterocycles. The van der Waals surface area contributed by atoms with Gasteiger partial charge in [-0.3, -0.25) is 4.79 Å². The minimum absolute atomic E-state index is 0.181. The van der Waals surface area contributed by atoms with Crippen LogP contribution in [0.15, 0.2) is 30.3 Å². The van der Waals surface area contributed by atoms with Crippen molar-refractivity contribution in [2.75, 3.05) is 27.9 Å². The normalized spacial score (nSPS) is 13.5. The lowest BCUT2D eigenvalue weighted by Gasteiger charge is -2.20. The van der Waals surface area contributed by atoms with Crippen LogP contribution in [0.5, 0.6) is 17.2 Å². The maximum atomic E-state index is 12.4. The van der Waals surface area contributed by atoms with Crippen molar-refractivity contribution >= 4 is 11.9 Å². The number of carbonyl (C=O) groups is 2. The van der Waals surface area contributed by atoms with Gasteiger partial charge in [0, 0.05) is 0 Å². The van der Waals surface area contributed by atoms with Crippen LogP contribution in [0.4, 0.5) is 0 Å².